The van der Waals surface area contributed by atoms with E-state index in [0.717, 1.165) is 12.3 Å². The van der Waals surface area contributed by atoms with Crippen LogP contribution >= 0.6 is 0 Å². The Labute approximate surface area is 105 Å². The molecule has 7 heteroatoms. The summed E-state index contributed by atoms with van der Waals surface area (Å²) in [7, 11) is 1.68. The standard InChI is InChI=1S/C11H17N5O2/c1-12-11-14-7-9(16(17)18)10(15-11)13-6-5-8-3-2-4-8/h7-8H,2-6H2,1H3,(H2,12,13,14,15). The van der Waals surface area contributed by atoms with E-state index >= 15 is 0 Å². The summed E-state index contributed by atoms with van der Waals surface area (Å²) in [5, 5.41) is 16.7. The first-order valence-electron chi connectivity index (χ1n) is 6.13. The highest BCUT2D eigenvalue weighted by atomic mass is 16.6. The minimum absolute atomic E-state index is 0.0809. The van der Waals surface area contributed by atoms with Crippen molar-refractivity contribution < 1.29 is 4.92 Å². The van der Waals surface area contributed by atoms with Crippen molar-refractivity contribution in [1.29, 1.82) is 0 Å². The van der Waals surface area contributed by atoms with Gasteiger partial charge in [0.15, 0.2) is 0 Å². The molecular weight excluding hydrogens is 234 g/mol. The van der Waals surface area contributed by atoms with E-state index in [-0.39, 0.29) is 5.69 Å². The molecule has 18 heavy (non-hydrogen) atoms. The average Bonchev–Trinajstić information content (AvgIpc) is 2.31. The zero-order chi connectivity index (χ0) is 13.0. The highest BCUT2D eigenvalue weighted by Gasteiger charge is 2.19. The van der Waals surface area contributed by atoms with Gasteiger partial charge >= 0.3 is 5.69 Å². The molecule has 2 N–H and O–H groups in total. The molecular formula is C11H17N5O2. The normalized spacial score (nSPS) is 14.9. The summed E-state index contributed by atoms with van der Waals surface area (Å²) in [5.74, 6) is 1.44. The molecule has 1 fully saturated rings. The molecule has 1 aliphatic rings. The number of rotatable bonds is 6. The van der Waals surface area contributed by atoms with Gasteiger partial charge in [-0.1, -0.05) is 19.3 Å². The zero-order valence-electron chi connectivity index (χ0n) is 10.3. The van der Waals surface area contributed by atoms with E-state index in [1.807, 2.05) is 0 Å². The van der Waals surface area contributed by atoms with Crippen molar-refractivity contribution >= 4 is 17.5 Å². The minimum Gasteiger partial charge on any atom is -0.364 e. The van der Waals surface area contributed by atoms with Crippen LogP contribution in [0.3, 0.4) is 0 Å². The van der Waals surface area contributed by atoms with E-state index in [2.05, 4.69) is 20.6 Å². The van der Waals surface area contributed by atoms with Crippen LogP contribution < -0.4 is 10.6 Å². The molecule has 1 heterocycles. The fourth-order valence-electron chi connectivity index (χ4n) is 1.94. The Morgan fingerprint density at radius 3 is 2.89 bits per heavy atom. The lowest BCUT2D eigenvalue weighted by Gasteiger charge is -2.25. The number of nitro groups is 1. The second-order valence-corrected chi connectivity index (χ2v) is 4.45. The molecule has 0 aliphatic heterocycles. The molecule has 2 rings (SSSR count). The van der Waals surface area contributed by atoms with Crippen LogP contribution in [0.4, 0.5) is 17.5 Å². The van der Waals surface area contributed by atoms with Crippen molar-refractivity contribution in [3.63, 3.8) is 0 Å². The van der Waals surface area contributed by atoms with Gasteiger partial charge in [-0.15, -0.1) is 0 Å². The topological polar surface area (TPSA) is 93.0 Å². The second kappa shape index (κ2) is 5.61. The highest BCUT2D eigenvalue weighted by molar-refractivity contribution is 5.56. The molecule has 0 atom stereocenters. The minimum atomic E-state index is -0.467. The number of aromatic nitrogens is 2. The fraction of sp³-hybridized carbons (Fsp3) is 0.636. The maximum atomic E-state index is 10.9. The lowest BCUT2D eigenvalue weighted by atomic mass is 9.83. The molecule has 7 nitrogen and oxygen atoms in total. The van der Waals surface area contributed by atoms with Crippen LogP contribution in [0.5, 0.6) is 0 Å². The third kappa shape index (κ3) is 2.85. The van der Waals surface area contributed by atoms with Crippen LogP contribution in [0.25, 0.3) is 0 Å². The van der Waals surface area contributed by atoms with Gasteiger partial charge in [-0.05, 0) is 12.3 Å². The largest absolute Gasteiger partial charge is 0.364 e. The monoisotopic (exact) mass is 251 g/mol. The van der Waals surface area contributed by atoms with E-state index in [9.17, 15) is 10.1 Å². The van der Waals surface area contributed by atoms with Gasteiger partial charge in [0.05, 0.1) is 4.92 Å². The predicted octanol–water partition coefficient (Wildman–Crippen LogP) is 2.03. The quantitative estimate of drug-likeness (QED) is 0.593. The van der Waals surface area contributed by atoms with Crippen molar-refractivity contribution in [3.8, 4) is 0 Å². The Balaban J connectivity index is 2.00. The van der Waals surface area contributed by atoms with E-state index in [4.69, 9.17) is 0 Å². The first-order valence-corrected chi connectivity index (χ1v) is 6.13. The second-order valence-electron chi connectivity index (χ2n) is 4.45. The molecule has 0 saturated heterocycles. The Bertz CT molecular complexity index is 433. The van der Waals surface area contributed by atoms with E-state index in [1.54, 1.807) is 7.05 Å². The van der Waals surface area contributed by atoms with Crippen molar-refractivity contribution in [1.82, 2.24) is 9.97 Å². The van der Waals surface area contributed by atoms with Gasteiger partial charge < -0.3 is 10.6 Å². The lowest BCUT2D eigenvalue weighted by molar-refractivity contribution is -0.384. The Morgan fingerprint density at radius 2 is 2.33 bits per heavy atom. The molecule has 98 valence electrons. The predicted molar refractivity (Wildman–Crippen MR) is 68.7 cm³/mol. The van der Waals surface area contributed by atoms with Gasteiger partial charge in [0.1, 0.15) is 6.20 Å². The van der Waals surface area contributed by atoms with Gasteiger partial charge in [-0.25, -0.2) is 4.98 Å². The van der Waals surface area contributed by atoms with Gasteiger partial charge in [-0.3, -0.25) is 10.1 Å². The molecule has 0 bridgehead atoms. The summed E-state index contributed by atoms with van der Waals surface area (Å²) in [5.41, 5.74) is -0.0809. The van der Waals surface area contributed by atoms with Crippen molar-refractivity contribution in [2.45, 2.75) is 25.7 Å². The fourth-order valence-corrected chi connectivity index (χ4v) is 1.94. The number of hydrogen-bond acceptors (Lipinski definition) is 6. The molecule has 1 aromatic rings. The molecule has 0 amide bonds. The summed E-state index contributed by atoms with van der Waals surface area (Å²) >= 11 is 0. The Hall–Kier alpha value is -1.92. The van der Waals surface area contributed by atoms with E-state index < -0.39 is 4.92 Å². The molecule has 0 radical (unpaired) electrons. The molecule has 0 aromatic carbocycles. The van der Waals surface area contributed by atoms with E-state index in [0.29, 0.717) is 18.3 Å². The number of nitrogens with zero attached hydrogens (tertiary/aromatic N) is 3. The number of nitrogens with one attached hydrogen (secondary N) is 2. The smallest absolute Gasteiger partial charge is 0.329 e. The summed E-state index contributed by atoms with van der Waals surface area (Å²) in [4.78, 5) is 18.3. The Kier molecular flexibility index (Phi) is 3.91. The van der Waals surface area contributed by atoms with Crippen molar-refractivity contribution in [3.05, 3.63) is 16.3 Å². The van der Waals surface area contributed by atoms with E-state index in [1.165, 1.54) is 25.5 Å². The van der Waals surface area contributed by atoms with Gasteiger partial charge in [0.25, 0.3) is 0 Å². The molecule has 0 unspecified atom stereocenters. The summed E-state index contributed by atoms with van der Waals surface area (Å²) in [6, 6.07) is 0. The maximum Gasteiger partial charge on any atom is 0.329 e. The van der Waals surface area contributed by atoms with Gasteiger partial charge in [-0.2, -0.15) is 4.98 Å². The lowest BCUT2D eigenvalue weighted by Crippen LogP contribution is -2.16. The highest BCUT2D eigenvalue weighted by Crippen LogP contribution is 2.29. The first-order chi connectivity index (χ1) is 8.70. The van der Waals surface area contributed by atoms with Crippen LogP contribution in [-0.4, -0.2) is 28.5 Å². The summed E-state index contributed by atoms with van der Waals surface area (Å²) in [6.45, 7) is 0.714. The SMILES string of the molecule is CNc1ncc([N+](=O)[O-])c(NCCC2CCC2)n1. The third-order valence-corrected chi connectivity index (χ3v) is 3.26. The van der Waals surface area contributed by atoms with Crippen molar-refractivity contribution in [2.75, 3.05) is 24.2 Å². The Morgan fingerprint density at radius 1 is 1.56 bits per heavy atom. The van der Waals surface area contributed by atoms with Crippen LogP contribution in [-0.2, 0) is 0 Å². The van der Waals surface area contributed by atoms with Crippen molar-refractivity contribution in [2.24, 2.45) is 5.92 Å². The van der Waals surface area contributed by atoms with Crippen LogP contribution in [0.1, 0.15) is 25.7 Å². The van der Waals surface area contributed by atoms with Crippen LogP contribution in [0.15, 0.2) is 6.20 Å². The molecule has 1 aromatic heterocycles. The molecule has 1 aliphatic carbocycles. The third-order valence-electron chi connectivity index (χ3n) is 3.26. The van der Waals surface area contributed by atoms with Gasteiger partial charge in [0, 0.05) is 13.6 Å². The number of hydrogen-bond donors (Lipinski definition) is 2. The summed E-state index contributed by atoms with van der Waals surface area (Å²) in [6.07, 6.45) is 6.12. The maximum absolute atomic E-state index is 10.9. The van der Waals surface area contributed by atoms with Crippen LogP contribution in [0.2, 0.25) is 0 Å². The summed E-state index contributed by atoms with van der Waals surface area (Å²) < 4.78 is 0. The first kappa shape index (κ1) is 12.5. The number of anilines is 2. The van der Waals surface area contributed by atoms with Crippen LogP contribution in [0, 0.1) is 16.0 Å². The average molecular weight is 251 g/mol. The molecule has 0 spiro atoms. The molecule has 1 saturated carbocycles. The zero-order valence-corrected chi connectivity index (χ0v) is 10.3. The van der Waals surface area contributed by atoms with Gasteiger partial charge in [0.2, 0.25) is 11.8 Å².